The highest BCUT2D eigenvalue weighted by Crippen LogP contribution is 2.51. The van der Waals surface area contributed by atoms with E-state index in [2.05, 4.69) is 222 Å². The number of nitrogens with zero attached hydrogens (tertiary/aromatic N) is 4. The van der Waals surface area contributed by atoms with Gasteiger partial charge in [-0.2, -0.15) is 0 Å². The molecule has 0 spiro atoms. The average Bonchev–Trinajstić information content (AvgIpc) is 3.30. The summed E-state index contributed by atoms with van der Waals surface area (Å²) >= 11 is 0. The fourth-order valence-electron chi connectivity index (χ4n) is 8.82. The first kappa shape index (κ1) is 32.9. The lowest BCUT2D eigenvalue weighted by Gasteiger charge is -2.45. The molecule has 0 unspecified atom stereocenters. The van der Waals surface area contributed by atoms with Crippen molar-refractivity contribution in [2.45, 2.75) is 0 Å². The molecule has 0 atom stereocenters. The van der Waals surface area contributed by atoms with Gasteiger partial charge in [0.05, 0.1) is 34.2 Å². The van der Waals surface area contributed by atoms with Crippen LogP contribution in [0.3, 0.4) is 0 Å². The fourth-order valence-corrected chi connectivity index (χ4v) is 8.82. The summed E-state index contributed by atoms with van der Waals surface area (Å²) < 4.78 is 0. The fraction of sp³-hybridized carbons (Fsp3) is 0. The maximum atomic E-state index is 5.46. The van der Waals surface area contributed by atoms with Gasteiger partial charge in [0.25, 0.3) is 6.71 Å². The van der Waals surface area contributed by atoms with E-state index >= 15 is 0 Å². The van der Waals surface area contributed by atoms with Crippen molar-refractivity contribution in [3.05, 3.63) is 212 Å². The van der Waals surface area contributed by atoms with Crippen LogP contribution in [-0.2, 0) is 0 Å². The summed E-state index contributed by atoms with van der Waals surface area (Å²) in [5.41, 5.74) is 18.4. The molecule has 0 amide bonds. The third-order valence-electron chi connectivity index (χ3n) is 11.2. The van der Waals surface area contributed by atoms with Crippen molar-refractivity contribution >= 4 is 57.2 Å². The summed E-state index contributed by atoms with van der Waals surface area (Å²) in [5.74, 6) is 0. The number of hydrogen-bond acceptors (Lipinski definition) is 4. The number of benzene rings is 7. The molecule has 0 radical (unpaired) electrons. The molecule has 2 aliphatic rings. The van der Waals surface area contributed by atoms with Crippen LogP contribution in [0.4, 0.5) is 34.1 Å². The van der Waals surface area contributed by atoms with Crippen molar-refractivity contribution in [2.75, 3.05) is 9.80 Å². The van der Waals surface area contributed by atoms with Gasteiger partial charge in [-0.3, -0.25) is 0 Å². The minimum Gasteiger partial charge on any atom is -0.311 e. The maximum absolute atomic E-state index is 5.46. The Morgan fingerprint density at radius 3 is 1.14 bits per heavy atom. The topological polar surface area (TPSA) is 32.3 Å². The van der Waals surface area contributed by atoms with Crippen molar-refractivity contribution in [1.82, 2.24) is 9.97 Å². The Hall–Kier alpha value is -7.50. The largest absolute Gasteiger partial charge is 0.311 e. The first-order chi connectivity index (χ1) is 28.3. The minimum atomic E-state index is -0.0596. The van der Waals surface area contributed by atoms with Crippen molar-refractivity contribution in [3.63, 3.8) is 0 Å². The molecule has 0 saturated heterocycles. The summed E-state index contributed by atoms with van der Waals surface area (Å²) in [6, 6.07) is 75.5. The number of rotatable bonds is 6. The first-order valence-corrected chi connectivity index (χ1v) is 19.5. The highest BCUT2D eigenvalue weighted by Gasteiger charge is 2.45. The molecule has 57 heavy (non-hydrogen) atoms. The maximum Gasteiger partial charge on any atom is 0.252 e. The number of anilines is 6. The van der Waals surface area contributed by atoms with E-state index in [4.69, 9.17) is 9.97 Å². The first-order valence-electron chi connectivity index (χ1n) is 19.5. The van der Waals surface area contributed by atoms with Crippen LogP contribution >= 0.6 is 0 Å². The molecule has 5 heteroatoms. The third kappa shape index (κ3) is 5.47. The monoisotopic (exact) mass is 726 g/mol. The highest BCUT2D eigenvalue weighted by molar-refractivity contribution is 7.00. The number of aromatic nitrogens is 2. The van der Waals surface area contributed by atoms with E-state index in [-0.39, 0.29) is 6.71 Å². The van der Waals surface area contributed by atoms with Crippen molar-refractivity contribution in [1.29, 1.82) is 0 Å². The lowest BCUT2D eigenvalue weighted by molar-refractivity contribution is 1.23. The number of fused-ring (bicyclic) bond motifs is 4. The van der Waals surface area contributed by atoms with Gasteiger partial charge in [0.1, 0.15) is 0 Å². The van der Waals surface area contributed by atoms with E-state index in [1.807, 2.05) is 0 Å². The van der Waals surface area contributed by atoms with Crippen LogP contribution in [0, 0.1) is 0 Å². The van der Waals surface area contributed by atoms with Gasteiger partial charge in [-0.05, 0) is 83.1 Å². The Kier molecular flexibility index (Phi) is 7.89. The normalized spacial score (nSPS) is 12.5. The van der Waals surface area contributed by atoms with Crippen LogP contribution in [0.1, 0.15) is 0 Å². The quantitative estimate of drug-likeness (QED) is 0.160. The predicted molar refractivity (Wildman–Crippen MR) is 238 cm³/mol. The molecule has 0 saturated carbocycles. The standard InChI is InChI=1S/C52H35BN4/c1-5-19-36(20-6-1)44-29-17-31-46(54-44)40-35-41(47-32-18-30-45(55-47)37-21-7-2-8-22-37)52-50-51(40)56(38-23-9-3-10-24-38)48-33-15-13-27-42(48)53(50)43-28-14-16-34-49(43)57(52)39-25-11-4-12-26-39/h1-35H. The zero-order valence-electron chi connectivity index (χ0n) is 31.1. The van der Waals surface area contributed by atoms with Crippen LogP contribution in [0.5, 0.6) is 0 Å². The highest BCUT2D eigenvalue weighted by atomic mass is 15.2. The van der Waals surface area contributed by atoms with Crippen LogP contribution in [0.2, 0.25) is 0 Å². The van der Waals surface area contributed by atoms with Gasteiger partial charge in [0.2, 0.25) is 0 Å². The summed E-state index contributed by atoms with van der Waals surface area (Å²) in [6.07, 6.45) is 0. The third-order valence-corrected chi connectivity index (χ3v) is 11.2. The summed E-state index contributed by atoms with van der Waals surface area (Å²) in [6.45, 7) is -0.0596. The molecule has 4 nitrogen and oxygen atoms in total. The molecule has 7 aromatic carbocycles. The second-order valence-electron chi connectivity index (χ2n) is 14.5. The molecule has 0 fully saturated rings. The van der Waals surface area contributed by atoms with Crippen molar-refractivity contribution in [2.24, 2.45) is 0 Å². The van der Waals surface area contributed by atoms with Crippen molar-refractivity contribution in [3.8, 4) is 45.0 Å². The van der Waals surface area contributed by atoms with Crippen LogP contribution in [0.15, 0.2) is 212 Å². The van der Waals surface area contributed by atoms with Gasteiger partial charge in [0, 0.05) is 45.0 Å². The summed E-state index contributed by atoms with van der Waals surface area (Å²) in [4.78, 5) is 15.9. The van der Waals surface area contributed by atoms with Gasteiger partial charge >= 0.3 is 0 Å². The molecular weight excluding hydrogens is 691 g/mol. The molecule has 2 aliphatic heterocycles. The summed E-state index contributed by atoms with van der Waals surface area (Å²) in [5, 5.41) is 0. The number of pyridine rings is 2. The molecular formula is C52H35BN4. The van der Waals surface area contributed by atoms with Crippen LogP contribution < -0.4 is 26.2 Å². The average molecular weight is 727 g/mol. The van der Waals surface area contributed by atoms with Gasteiger partial charge < -0.3 is 9.80 Å². The summed E-state index contributed by atoms with van der Waals surface area (Å²) in [7, 11) is 0. The lowest BCUT2D eigenvalue weighted by atomic mass is 9.33. The van der Waals surface area contributed by atoms with Gasteiger partial charge in [-0.25, -0.2) is 9.97 Å². The second-order valence-corrected chi connectivity index (χ2v) is 14.5. The van der Waals surface area contributed by atoms with E-state index in [0.29, 0.717) is 0 Å². The van der Waals surface area contributed by atoms with Crippen molar-refractivity contribution < 1.29 is 0 Å². The Morgan fingerprint density at radius 2 is 0.702 bits per heavy atom. The SMILES string of the molecule is c1ccc(-c2cccc(-c3cc(-c4cccc(-c5ccccc5)n4)c4c5c3N(c3ccccc3)c3ccccc3B5c3ccccc3N4c3ccccc3)n2)cc1. The Morgan fingerprint density at radius 1 is 0.333 bits per heavy atom. The molecule has 11 rings (SSSR count). The molecule has 266 valence electrons. The van der Waals surface area contributed by atoms with E-state index < -0.39 is 0 Å². The number of para-hydroxylation sites is 4. The molecule has 0 N–H and O–H groups in total. The Bertz CT molecular complexity index is 2720. The van der Waals surface area contributed by atoms with E-state index in [1.54, 1.807) is 0 Å². The van der Waals surface area contributed by atoms with Gasteiger partial charge in [-0.1, -0.05) is 146 Å². The Labute approximate surface area is 333 Å². The van der Waals surface area contributed by atoms with Gasteiger partial charge in [-0.15, -0.1) is 0 Å². The van der Waals surface area contributed by atoms with E-state index in [1.165, 1.54) is 16.4 Å². The van der Waals surface area contributed by atoms with Gasteiger partial charge in [0.15, 0.2) is 0 Å². The lowest BCUT2D eigenvalue weighted by Crippen LogP contribution is -2.61. The van der Waals surface area contributed by atoms with E-state index in [9.17, 15) is 0 Å². The molecule has 0 aliphatic carbocycles. The van der Waals surface area contributed by atoms with Crippen LogP contribution in [-0.4, -0.2) is 16.7 Å². The number of hydrogen-bond donors (Lipinski definition) is 0. The van der Waals surface area contributed by atoms with Crippen LogP contribution in [0.25, 0.3) is 45.0 Å². The molecule has 0 bridgehead atoms. The van der Waals surface area contributed by atoms with E-state index in [0.717, 1.165) is 79.2 Å². The zero-order chi connectivity index (χ0) is 37.7. The zero-order valence-corrected chi connectivity index (χ0v) is 31.1. The minimum absolute atomic E-state index is 0.0596. The molecule has 2 aromatic heterocycles. The molecule has 9 aromatic rings. The predicted octanol–water partition coefficient (Wildman–Crippen LogP) is 11.2. The smallest absolute Gasteiger partial charge is 0.252 e. The molecule has 4 heterocycles. The Balaban J connectivity index is 1.31. The second kappa shape index (κ2) is 13.7.